The lowest BCUT2D eigenvalue weighted by Gasteiger charge is -2.16. The Morgan fingerprint density at radius 1 is 1.04 bits per heavy atom. The SMILES string of the molecule is O=Nc1ccc(-c2ccc(C[C@@H](CF)NC(=O)C(Cl)Cl)cc2)cc1. The molecular weight excluding hydrogens is 354 g/mol. The Hall–Kier alpha value is -1.98. The summed E-state index contributed by atoms with van der Waals surface area (Å²) in [7, 11) is 0. The molecule has 7 heteroatoms. The Morgan fingerprint density at radius 3 is 2.04 bits per heavy atom. The third kappa shape index (κ3) is 5.01. The van der Waals surface area contributed by atoms with Gasteiger partial charge in [-0.05, 0) is 40.4 Å². The van der Waals surface area contributed by atoms with E-state index in [1.54, 1.807) is 24.3 Å². The fourth-order valence-corrected chi connectivity index (χ4v) is 2.37. The molecule has 0 saturated heterocycles. The Bertz CT molecular complexity index is 691. The van der Waals surface area contributed by atoms with Gasteiger partial charge in [0.1, 0.15) is 12.4 Å². The number of carbonyl (C=O) groups is 1. The van der Waals surface area contributed by atoms with E-state index in [0.29, 0.717) is 12.1 Å². The van der Waals surface area contributed by atoms with Crippen molar-refractivity contribution in [2.45, 2.75) is 17.3 Å². The van der Waals surface area contributed by atoms with Crippen molar-refractivity contribution in [3.05, 3.63) is 59.0 Å². The summed E-state index contributed by atoms with van der Waals surface area (Å²) < 4.78 is 13.0. The minimum Gasteiger partial charge on any atom is -0.348 e. The molecule has 4 nitrogen and oxygen atoms in total. The van der Waals surface area contributed by atoms with Gasteiger partial charge in [-0.25, -0.2) is 4.39 Å². The first-order valence-electron chi connectivity index (χ1n) is 7.20. The molecule has 0 bridgehead atoms. The molecule has 24 heavy (non-hydrogen) atoms. The molecule has 1 N–H and O–H groups in total. The van der Waals surface area contributed by atoms with E-state index < -0.39 is 23.5 Å². The molecule has 2 aromatic carbocycles. The normalized spacial score (nSPS) is 12.0. The highest BCUT2D eigenvalue weighted by Gasteiger charge is 2.17. The monoisotopic (exact) mass is 368 g/mol. The van der Waals surface area contributed by atoms with Gasteiger partial charge in [0.2, 0.25) is 0 Å². The average Bonchev–Trinajstić information content (AvgIpc) is 2.61. The molecule has 0 unspecified atom stereocenters. The van der Waals surface area contributed by atoms with Gasteiger partial charge in [-0.3, -0.25) is 4.79 Å². The van der Waals surface area contributed by atoms with E-state index in [9.17, 15) is 14.1 Å². The zero-order valence-electron chi connectivity index (χ0n) is 12.6. The molecule has 1 atom stereocenters. The van der Waals surface area contributed by atoms with Crippen LogP contribution in [0.3, 0.4) is 0 Å². The molecule has 0 aliphatic heterocycles. The molecule has 126 valence electrons. The number of hydrogen-bond acceptors (Lipinski definition) is 3. The van der Waals surface area contributed by atoms with Gasteiger partial charge < -0.3 is 5.32 Å². The van der Waals surface area contributed by atoms with Crippen LogP contribution in [0, 0.1) is 4.91 Å². The van der Waals surface area contributed by atoms with Gasteiger partial charge in [-0.1, -0.05) is 59.6 Å². The first-order valence-corrected chi connectivity index (χ1v) is 8.08. The predicted molar refractivity (Wildman–Crippen MR) is 94.4 cm³/mol. The molecule has 2 aromatic rings. The molecule has 2 rings (SSSR count). The number of hydrogen-bond donors (Lipinski definition) is 1. The second-order valence-corrected chi connectivity index (χ2v) is 6.30. The highest BCUT2D eigenvalue weighted by Crippen LogP contribution is 2.23. The second kappa shape index (κ2) is 8.76. The third-order valence-corrected chi connectivity index (χ3v) is 3.87. The maximum atomic E-state index is 13.0. The molecule has 0 heterocycles. The topological polar surface area (TPSA) is 58.5 Å². The highest BCUT2D eigenvalue weighted by atomic mass is 35.5. The van der Waals surface area contributed by atoms with Crippen molar-refractivity contribution < 1.29 is 9.18 Å². The van der Waals surface area contributed by atoms with Crippen molar-refractivity contribution in [1.82, 2.24) is 5.32 Å². The van der Waals surface area contributed by atoms with Crippen LogP contribution in [0.1, 0.15) is 5.56 Å². The van der Waals surface area contributed by atoms with Crippen molar-refractivity contribution in [1.29, 1.82) is 0 Å². The summed E-state index contributed by atoms with van der Waals surface area (Å²) in [5.41, 5.74) is 3.14. The van der Waals surface area contributed by atoms with Gasteiger partial charge in [-0.2, -0.15) is 0 Å². The maximum absolute atomic E-state index is 13.0. The third-order valence-electron chi connectivity index (χ3n) is 3.47. The van der Waals surface area contributed by atoms with Crippen LogP contribution in [0.2, 0.25) is 0 Å². The summed E-state index contributed by atoms with van der Waals surface area (Å²) in [6, 6.07) is 13.7. The second-order valence-electron chi connectivity index (χ2n) is 5.20. The number of alkyl halides is 3. The van der Waals surface area contributed by atoms with Gasteiger partial charge in [-0.15, -0.1) is 4.91 Å². The highest BCUT2D eigenvalue weighted by molar-refractivity contribution is 6.53. The summed E-state index contributed by atoms with van der Waals surface area (Å²) in [6.45, 7) is -0.714. The lowest BCUT2D eigenvalue weighted by atomic mass is 10.0. The predicted octanol–water partition coefficient (Wildman–Crippen LogP) is 4.55. The average molecular weight is 369 g/mol. The number of carbonyl (C=O) groups excluding carboxylic acids is 1. The molecule has 0 fully saturated rings. The lowest BCUT2D eigenvalue weighted by molar-refractivity contribution is -0.120. The zero-order valence-corrected chi connectivity index (χ0v) is 14.1. The fraction of sp³-hybridized carbons (Fsp3) is 0.235. The van der Waals surface area contributed by atoms with Crippen molar-refractivity contribution in [3.8, 4) is 11.1 Å². The van der Waals surface area contributed by atoms with Gasteiger partial charge in [0, 0.05) is 0 Å². The molecule has 0 radical (unpaired) electrons. The van der Waals surface area contributed by atoms with Gasteiger partial charge in [0.15, 0.2) is 4.84 Å². The quantitative estimate of drug-likeness (QED) is 0.575. The van der Waals surface area contributed by atoms with Crippen LogP contribution in [0.4, 0.5) is 10.1 Å². The zero-order chi connectivity index (χ0) is 17.5. The standard InChI is InChI=1S/C17H15Cl2FN2O2/c18-16(19)17(23)21-15(10-20)9-11-1-3-12(4-2-11)13-5-7-14(22-24)8-6-13/h1-8,15-16H,9-10H2,(H,21,23)/t15-/m0/s1. The number of benzene rings is 2. The van der Waals surface area contributed by atoms with Crippen LogP contribution in [-0.2, 0) is 11.2 Å². The van der Waals surface area contributed by atoms with Crippen LogP contribution >= 0.6 is 23.2 Å². The molecule has 0 saturated carbocycles. The molecule has 1 amide bonds. The minimum atomic E-state index is -1.22. The van der Waals surface area contributed by atoms with Gasteiger partial charge in [0.25, 0.3) is 5.91 Å². The van der Waals surface area contributed by atoms with Gasteiger partial charge in [0.05, 0.1) is 6.04 Å². The van der Waals surface area contributed by atoms with E-state index in [1.165, 1.54) is 0 Å². The van der Waals surface area contributed by atoms with E-state index >= 15 is 0 Å². The van der Waals surface area contributed by atoms with Crippen molar-refractivity contribution in [2.24, 2.45) is 5.18 Å². The smallest absolute Gasteiger partial charge is 0.253 e. The lowest BCUT2D eigenvalue weighted by Crippen LogP contribution is -2.40. The Kier molecular flexibility index (Phi) is 6.70. The maximum Gasteiger partial charge on any atom is 0.253 e. The van der Waals surface area contributed by atoms with Crippen LogP contribution in [0.5, 0.6) is 0 Å². The summed E-state index contributed by atoms with van der Waals surface area (Å²) in [5.74, 6) is -0.610. The molecule has 0 aliphatic rings. The Labute approximate surface area is 148 Å². The minimum absolute atomic E-state index is 0.330. The van der Waals surface area contributed by atoms with E-state index in [2.05, 4.69) is 10.5 Å². The fourth-order valence-electron chi connectivity index (χ4n) is 2.24. The molecule has 0 aromatic heterocycles. The van der Waals surface area contributed by atoms with Crippen LogP contribution in [-0.4, -0.2) is 23.5 Å². The first-order chi connectivity index (χ1) is 11.5. The molecule has 0 aliphatic carbocycles. The first kappa shape index (κ1) is 18.4. The Balaban J connectivity index is 2.04. The number of nitrogens with one attached hydrogen (secondary N) is 1. The van der Waals surface area contributed by atoms with Crippen molar-refractivity contribution in [2.75, 3.05) is 6.67 Å². The van der Waals surface area contributed by atoms with E-state index in [1.807, 2.05) is 24.3 Å². The van der Waals surface area contributed by atoms with Crippen LogP contribution < -0.4 is 5.32 Å². The van der Waals surface area contributed by atoms with E-state index in [0.717, 1.165) is 16.7 Å². The number of halogens is 3. The van der Waals surface area contributed by atoms with Crippen molar-refractivity contribution in [3.63, 3.8) is 0 Å². The van der Waals surface area contributed by atoms with E-state index in [-0.39, 0.29) is 0 Å². The Morgan fingerprint density at radius 2 is 1.58 bits per heavy atom. The number of amides is 1. The molecule has 0 spiro atoms. The van der Waals surface area contributed by atoms with Crippen LogP contribution in [0.15, 0.2) is 53.7 Å². The summed E-state index contributed by atoms with van der Waals surface area (Å²) in [6.07, 6.45) is 0.330. The van der Waals surface area contributed by atoms with Crippen molar-refractivity contribution >= 4 is 34.8 Å². The number of nitrogens with zero attached hydrogens (tertiary/aromatic N) is 1. The largest absolute Gasteiger partial charge is 0.348 e. The van der Waals surface area contributed by atoms with E-state index in [4.69, 9.17) is 23.2 Å². The van der Waals surface area contributed by atoms with Crippen LogP contribution in [0.25, 0.3) is 11.1 Å². The van der Waals surface area contributed by atoms with Gasteiger partial charge >= 0.3 is 0 Å². The summed E-state index contributed by atoms with van der Waals surface area (Å²) >= 11 is 10.9. The summed E-state index contributed by atoms with van der Waals surface area (Å²) in [4.78, 5) is 20.6. The molecular formula is C17H15Cl2FN2O2. The number of nitroso groups, excluding NO2 is 1. The number of rotatable bonds is 7. The summed E-state index contributed by atoms with van der Waals surface area (Å²) in [5, 5.41) is 5.31.